The summed E-state index contributed by atoms with van der Waals surface area (Å²) in [7, 11) is 1.60. The number of rotatable bonds is 2. The van der Waals surface area contributed by atoms with Gasteiger partial charge in [0.1, 0.15) is 11.3 Å². The first-order valence-corrected chi connectivity index (χ1v) is 5.43. The summed E-state index contributed by atoms with van der Waals surface area (Å²) in [5, 5.41) is 0. The van der Waals surface area contributed by atoms with Crippen LogP contribution in [-0.4, -0.2) is 17.1 Å². The molecule has 0 aliphatic carbocycles. The number of nitrogens with two attached hydrogens (primary N) is 1. The van der Waals surface area contributed by atoms with Crippen molar-refractivity contribution in [2.45, 2.75) is 6.92 Å². The van der Waals surface area contributed by atoms with Crippen LogP contribution in [0, 0.1) is 6.92 Å². The third-order valence-electron chi connectivity index (χ3n) is 2.23. The summed E-state index contributed by atoms with van der Waals surface area (Å²) in [6, 6.07) is 3.73. The number of aromatic nitrogens is 2. The number of hydrogen-bond acceptors (Lipinski definition) is 5. The number of nitrogens with zero attached hydrogens (tertiary/aromatic N) is 2. The highest BCUT2D eigenvalue weighted by molar-refractivity contribution is 9.10. The lowest BCUT2D eigenvalue weighted by Gasteiger charge is -2.09. The molecule has 6 heteroatoms. The van der Waals surface area contributed by atoms with E-state index in [0.717, 1.165) is 15.7 Å². The summed E-state index contributed by atoms with van der Waals surface area (Å²) < 4.78 is 6.15. The van der Waals surface area contributed by atoms with Gasteiger partial charge in [-0.1, -0.05) is 15.9 Å². The summed E-state index contributed by atoms with van der Waals surface area (Å²) in [5.41, 5.74) is 4.71. The first kappa shape index (κ1) is 11.1. The third-order valence-corrected chi connectivity index (χ3v) is 2.69. The molecule has 0 saturated heterocycles. The van der Waals surface area contributed by atoms with E-state index in [4.69, 9.17) is 10.6 Å². The smallest absolute Gasteiger partial charge is 0.162 e. The van der Waals surface area contributed by atoms with Gasteiger partial charge in [-0.05, 0) is 19.1 Å². The first-order valence-electron chi connectivity index (χ1n) is 4.64. The van der Waals surface area contributed by atoms with Gasteiger partial charge < -0.3 is 10.2 Å². The Balaban J connectivity index is 2.79. The van der Waals surface area contributed by atoms with Gasteiger partial charge in [0.05, 0.1) is 18.3 Å². The Morgan fingerprint density at radius 2 is 2.12 bits per heavy atom. The quantitative estimate of drug-likeness (QED) is 0.651. The lowest BCUT2D eigenvalue weighted by Crippen LogP contribution is -2.11. The molecule has 0 aliphatic heterocycles. The van der Waals surface area contributed by atoms with Crippen LogP contribution < -0.4 is 16.0 Å². The van der Waals surface area contributed by atoms with E-state index in [1.165, 1.54) is 0 Å². The summed E-state index contributed by atoms with van der Waals surface area (Å²) >= 11 is 3.40. The van der Waals surface area contributed by atoms with Gasteiger partial charge in [0.2, 0.25) is 0 Å². The van der Waals surface area contributed by atoms with Crippen LogP contribution in [0.2, 0.25) is 0 Å². The number of nitrogen functional groups attached to an aromatic ring is 1. The van der Waals surface area contributed by atoms with Gasteiger partial charge in [-0.2, -0.15) is 0 Å². The second-order valence-corrected chi connectivity index (χ2v) is 4.19. The standard InChI is InChI=1S/C10H11BrN4O/c1-5-10(15-12)14-9-7(13-5)3-6(11)4-8(9)16-2/h3-4H,12H2,1-2H3,(H,14,15). The number of hydrazine groups is 1. The van der Waals surface area contributed by atoms with Crippen molar-refractivity contribution < 1.29 is 4.74 Å². The molecule has 0 radical (unpaired) electrons. The molecule has 84 valence electrons. The maximum absolute atomic E-state index is 5.36. The zero-order valence-corrected chi connectivity index (χ0v) is 10.5. The Bertz CT molecular complexity index is 544. The third kappa shape index (κ3) is 1.81. The molecule has 0 fully saturated rings. The molecule has 2 rings (SSSR count). The highest BCUT2D eigenvalue weighted by Crippen LogP contribution is 2.29. The van der Waals surface area contributed by atoms with Crippen molar-refractivity contribution in [2.24, 2.45) is 5.84 Å². The van der Waals surface area contributed by atoms with Crippen molar-refractivity contribution in [3.63, 3.8) is 0 Å². The molecule has 2 aromatic rings. The summed E-state index contributed by atoms with van der Waals surface area (Å²) in [5.74, 6) is 6.57. The maximum Gasteiger partial charge on any atom is 0.162 e. The van der Waals surface area contributed by atoms with E-state index in [0.29, 0.717) is 17.1 Å². The van der Waals surface area contributed by atoms with Gasteiger partial charge in [-0.15, -0.1) is 0 Å². The number of halogens is 1. The van der Waals surface area contributed by atoms with Crippen molar-refractivity contribution in [2.75, 3.05) is 12.5 Å². The van der Waals surface area contributed by atoms with E-state index >= 15 is 0 Å². The zero-order valence-electron chi connectivity index (χ0n) is 8.91. The van der Waals surface area contributed by atoms with Gasteiger partial charge in [0.25, 0.3) is 0 Å². The molecule has 1 heterocycles. The minimum atomic E-state index is 0.549. The van der Waals surface area contributed by atoms with Crippen molar-refractivity contribution in [1.82, 2.24) is 9.97 Å². The van der Waals surface area contributed by atoms with Gasteiger partial charge in [-0.25, -0.2) is 15.8 Å². The molecular weight excluding hydrogens is 272 g/mol. The van der Waals surface area contributed by atoms with Crippen LogP contribution in [0.25, 0.3) is 11.0 Å². The fraction of sp³-hybridized carbons (Fsp3) is 0.200. The van der Waals surface area contributed by atoms with E-state index in [1.54, 1.807) is 7.11 Å². The highest BCUT2D eigenvalue weighted by atomic mass is 79.9. The topological polar surface area (TPSA) is 73.1 Å². The average Bonchev–Trinajstić information content (AvgIpc) is 2.26. The van der Waals surface area contributed by atoms with Crippen LogP contribution >= 0.6 is 15.9 Å². The van der Waals surface area contributed by atoms with E-state index in [2.05, 4.69) is 31.3 Å². The van der Waals surface area contributed by atoms with E-state index < -0.39 is 0 Å². The van der Waals surface area contributed by atoms with Gasteiger partial charge >= 0.3 is 0 Å². The normalized spacial score (nSPS) is 10.5. The molecule has 0 aliphatic rings. The second-order valence-electron chi connectivity index (χ2n) is 3.28. The number of anilines is 1. The summed E-state index contributed by atoms with van der Waals surface area (Å²) in [6.07, 6.45) is 0. The van der Waals surface area contributed by atoms with Crippen molar-refractivity contribution >= 4 is 32.8 Å². The van der Waals surface area contributed by atoms with Crippen LogP contribution in [0.5, 0.6) is 5.75 Å². The van der Waals surface area contributed by atoms with Crippen molar-refractivity contribution in [1.29, 1.82) is 0 Å². The molecular formula is C10H11BrN4O. The van der Waals surface area contributed by atoms with Gasteiger partial charge in [-0.3, -0.25) is 0 Å². The molecule has 1 aromatic carbocycles. The predicted molar refractivity (Wildman–Crippen MR) is 66.3 cm³/mol. The second kappa shape index (κ2) is 4.23. The average molecular weight is 283 g/mol. The largest absolute Gasteiger partial charge is 0.494 e. The molecule has 5 nitrogen and oxygen atoms in total. The van der Waals surface area contributed by atoms with Crippen LogP contribution in [0.1, 0.15) is 5.69 Å². The number of nitrogens with one attached hydrogen (secondary N) is 1. The molecule has 3 N–H and O–H groups in total. The van der Waals surface area contributed by atoms with Gasteiger partial charge in [0, 0.05) is 4.47 Å². The molecule has 0 bridgehead atoms. The highest BCUT2D eigenvalue weighted by Gasteiger charge is 2.09. The minimum Gasteiger partial charge on any atom is -0.494 e. The zero-order chi connectivity index (χ0) is 11.7. The van der Waals surface area contributed by atoms with Crippen LogP contribution in [0.3, 0.4) is 0 Å². The first-order chi connectivity index (χ1) is 7.65. The Morgan fingerprint density at radius 1 is 1.38 bits per heavy atom. The van der Waals surface area contributed by atoms with Crippen LogP contribution in [-0.2, 0) is 0 Å². The summed E-state index contributed by atoms with van der Waals surface area (Å²) in [4.78, 5) is 8.76. The Hall–Kier alpha value is -1.40. The number of hydrogen-bond donors (Lipinski definition) is 2. The molecule has 0 saturated carbocycles. The number of benzene rings is 1. The SMILES string of the molecule is COc1cc(Br)cc2nc(C)c(NN)nc12. The molecule has 0 spiro atoms. The lowest BCUT2D eigenvalue weighted by molar-refractivity contribution is 0.418. The molecule has 0 unspecified atom stereocenters. The number of ether oxygens (including phenoxy) is 1. The lowest BCUT2D eigenvalue weighted by atomic mass is 10.2. The Kier molecular flexibility index (Phi) is 2.93. The fourth-order valence-electron chi connectivity index (χ4n) is 1.48. The summed E-state index contributed by atoms with van der Waals surface area (Å²) in [6.45, 7) is 1.84. The van der Waals surface area contributed by atoms with Crippen molar-refractivity contribution in [3.8, 4) is 5.75 Å². The van der Waals surface area contributed by atoms with E-state index in [-0.39, 0.29) is 0 Å². The number of methoxy groups -OCH3 is 1. The predicted octanol–water partition coefficient (Wildman–Crippen LogP) is 1.99. The molecule has 1 aromatic heterocycles. The molecule has 16 heavy (non-hydrogen) atoms. The Morgan fingerprint density at radius 3 is 2.75 bits per heavy atom. The maximum atomic E-state index is 5.36. The van der Waals surface area contributed by atoms with E-state index in [9.17, 15) is 0 Å². The molecule has 0 amide bonds. The van der Waals surface area contributed by atoms with Crippen molar-refractivity contribution in [3.05, 3.63) is 22.3 Å². The fourth-order valence-corrected chi connectivity index (χ4v) is 1.90. The molecule has 0 atom stereocenters. The van der Waals surface area contributed by atoms with Crippen LogP contribution in [0.4, 0.5) is 5.82 Å². The minimum absolute atomic E-state index is 0.549. The monoisotopic (exact) mass is 282 g/mol. The van der Waals surface area contributed by atoms with Gasteiger partial charge in [0.15, 0.2) is 5.82 Å². The van der Waals surface area contributed by atoms with Crippen LogP contribution in [0.15, 0.2) is 16.6 Å². The van der Waals surface area contributed by atoms with E-state index in [1.807, 2.05) is 19.1 Å². The Labute approximate surface area is 101 Å². The number of fused-ring (bicyclic) bond motifs is 1. The number of aryl methyl sites for hydroxylation is 1.